The summed E-state index contributed by atoms with van der Waals surface area (Å²) in [4.78, 5) is 12.1. The maximum absolute atomic E-state index is 12.1. The summed E-state index contributed by atoms with van der Waals surface area (Å²) in [5, 5.41) is 2.94. The third-order valence-corrected chi connectivity index (χ3v) is 3.42. The van der Waals surface area contributed by atoms with Gasteiger partial charge in [0.15, 0.2) is 0 Å². The molecule has 0 aliphatic carbocycles. The van der Waals surface area contributed by atoms with Crippen LogP contribution in [-0.2, 0) is 13.1 Å². The van der Waals surface area contributed by atoms with Crippen LogP contribution in [0.15, 0.2) is 47.1 Å². The van der Waals surface area contributed by atoms with E-state index in [0.29, 0.717) is 6.54 Å². The first-order valence-electron chi connectivity index (χ1n) is 6.38. The molecule has 2 aromatic rings. The molecule has 0 saturated carbocycles. The van der Waals surface area contributed by atoms with Gasteiger partial charge in [-0.15, -0.1) is 0 Å². The molecule has 1 amide bonds. The predicted octanol–water partition coefficient (Wildman–Crippen LogP) is 3.59. The van der Waals surface area contributed by atoms with Crippen LogP contribution in [0.5, 0.6) is 0 Å². The molecule has 1 aromatic heterocycles. The van der Waals surface area contributed by atoms with E-state index < -0.39 is 0 Å². The first-order valence-corrected chi connectivity index (χ1v) is 7.18. The van der Waals surface area contributed by atoms with Crippen LogP contribution in [0.3, 0.4) is 0 Å². The van der Waals surface area contributed by atoms with Crippen molar-refractivity contribution in [3.05, 3.63) is 58.3 Å². The lowest BCUT2D eigenvalue weighted by atomic mass is 10.2. The zero-order valence-corrected chi connectivity index (χ0v) is 12.5. The molecule has 0 atom stereocenters. The molecular weight excluding hydrogens is 304 g/mol. The highest BCUT2D eigenvalue weighted by atomic mass is 79.9. The van der Waals surface area contributed by atoms with E-state index in [0.717, 1.165) is 28.7 Å². The third kappa shape index (κ3) is 3.70. The fourth-order valence-corrected chi connectivity index (χ4v) is 2.20. The van der Waals surface area contributed by atoms with Gasteiger partial charge in [-0.1, -0.05) is 35.0 Å². The van der Waals surface area contributed by atoms with Gasteiger partial charge in [-0.05, 0) is 36.2 Å². The van der Waals surface area contributed by atoms with Gasteiger partial charge in [-0.2, -0.15) is 0 Å². The van der Waals surface area contributed by atoms with Crippen molar-refractivity contribution in [3.8, 4) is 0 Å². The van der Waals surface area contributed by atoms with E-state index in [2.05, 4.69) is 28.2 Å². The highest BCUT2D eigenvalue weighted by Crippen LogP contribution is 2.10. The molecule has 1 aromatic carbocycles. The molecule has 0 radical (unpaired) electrons. The number of aromatic nitrogens is 1. The van der Waals surface area contributed by atoms with Gasteiger partial charge in [-0.25, -0.2) is 0 Å². The van der Waals surface area contributed by atoms with E-state index in [1.807, 2.05) is 47.2 Å². The van der Waals surface area contributed by atoms with E-state index in [4.69, 9.17) is 0 Å². The van der Waals surface area contributed by atoms with Crippen LogP contribution < -0.4 is 5.32 Å². The Labute approximate surface area is 121 Å². The van der Waals surface area contributed by atoms with Gasteiger partial charge in [0.1, 0.15) is 5.69 Å². The largest absolute Gasteiger partial charge is 0.347 e. The lowest BCUT2D eigenvalue weighted by Gasteiger charge is -2.09. The molecule has 100 valence electrons. The number of nitrogens with zero attached hydrogens (tertiary/aromatic N) is 1. The molecule has 1 N–H and O–H groups in total. The van der Waals surface area contributed by atoms with E-state index in [-0.39, 0.29) is 5.91 Å². The Morgan fingerprint density at radius 3 is 2.68 bits per heavy atom. The molecule has 0 fully saturated rings. The lowest BCUT2D eigenvalue weighted by molar-refractivity contribution is 0.0941. The van der Waals surface area contributed by atoms with Gasteiger partial charge in [0.25, 0.3) is 5.91 Å². The van der Waals surface area contributed by atoms with Crippen molar-refractivity contribution < 1.29 is 4.79 Å². The minimum absolute atomic E-state index is 0.0265. The van der Waals surface area contributed by atoms with Gasteiger partial charge < -0.3 is 9.88 Å². The lowest BCUT2D eigenvalue weighted by Crippen LogP contribution is -2.25. The van der Waals surface area contributed by atoms with Crippen LogP contribution in [0.2, 0.25) is 0 Å². The first kappa shape index (κ1) is 13.9. The van der Waals surface area contributed by atoms with Crippen LogP contribution >= 0.6 is 15.9 Å². The normalized spacial score (nSPS) is 10.4. The van der Waals surface area contributed by atoms with E-state index in [1.165, 1.54) is 0 Å². The molecule has 0 saturated heterocycles. The Morgan fingerprint density at radius 2 is 2.00 bits per heavy atom. The Balaban J connectivity index is 1.97. The molecule has 0 bridgehead atoms. The summed E-state index contributed by atoms with van der Waals surface area (Å²) in [6, 6.07) is 11.7. The number of aryl methyl sites for hydroxylation is 1. The average Bonchev–Trinajstić information content (AvgIpc) is 2.86. The van der Waals surface area contributed by atoms with Crippen molar-refractivity contribution in [2.45, 2.75) is 26.4 Å². The highest BCUT2D eigenvalue weighted by molar-refractivity contribution is 9.10. The minimum atomic E-state index is -0.0265. The quantitative estimate of drug-likeness (QED) is 0.897. The van der Waals surface area contributed by atoms with Crippen LogP contribution in [0, 0.1) is 0 Å². The summed E-state index contributed by atoms with van der Waals surface area (Å²) in [6.07, 6.45) is 2.96. The number of carbonyl (C=O) groups is 1. The number of benzene rings is 1. The van der Waals surface area contributed by atoms with Crippen LogP contribution in [-0.4, -0.2) is 10.5 Å². The maximum atomic E-state index is 12.1. The second kappa shape index (κ2) is 6.57. The van der Waals surface area contributed by atoms with Crippen LogP contribution in [0.4, 0.5) is 0 Å². The van der Waals surface area contributed by atoms with Gasteiger partial charge in [0.05, 0.1) is 0 Å². The third-order valence-electron chi connectivity index (χ3n) is 2.89. The SMILES string of the molecule is CCCn1cccc1C(=O)NCc1ccc(Br)cc1. The highest BCUT2D eigenvalue weighted by Gasteiger charge is 2.09. The van der Waals surface area contributed by atoms with Crippen LogP contribution in [0.1, 0.15) is 29.4 Å². The number of amides is 1. The standard InChI is InChI=1S/C15H17BrN2O/c1-2-9-18-10-3-4-14(18)15(19)17-11-12-5-7-13(16)8-6-12/h3-8,10H,2,9,11H2,1H3,(H,17,19). The van der Waals surface area contributed by atoms with Crippen molar-refractivity contribution in [2.75, 3.05) is 0 Å². The molecule has 0 aliphatic heterocycles. The Morgan fingerprint density at radius 1 is 1.26 bits per heavy atom. The van der Waals surface area contributed by atoms with Gasteiger partial charge in [-0.3, -0.25) is 4.79 Å². The van der Waals surface area contributed by atoms with E-state index in [9.17, 15) is 4.79 Å². The van der Waals surface area contributed by atoms with Gasteiger partial charge in [0.2, 0.25) is 0 Å². The molecule has 19 heavy (non-hydrogen) atoms. The topological polar surface area (TPSA) is 34.0 Å². The predicted molar refractivity (Wildman–Crippen MR) is 80.0 cm³/mol. The fraction of sp³-hybridized carbons (Fsp3) is 0.267. The van der Waals surface area contributed by atoms with E-state index >= 15 is 0 Å². The summed E-state index contributed by atoms with van der Waals surface area (Å²) >= 11 is 3.39. The fourth-order valence-electron chi connectivity index (χ4n) is 1.93. The van der Waals surface area contributed by atoms with Crippen molar-refractivity contribution in [1.82, 2.24) is 9.88 Å². The van der Waals surface area contributed by atoms with Crippen molar-refractivity contribution in [3.63, 3.8) is 0 Å². The molecule has 4 heteroatoms. The maximum Gasteiger partial charge on any atom is 0.268 e. The second-order valence-corrected chi connectivity index (χ2v) is 5.31. The summed E-state index contributed by atoms with van der Waals surface area (Å²) < 4.78 is 3.02. The second-order valence-electron chi connectivity index (χ2n) is 4.40. The number of hydrogen-bond acceptors (Lipinski definition) is 1. The number of halogens is 1. The van der Waals surface area contributed by atoms with Crippen molar-refractivity contribution in [1.29, 1.82) is 0 Å². The number of hydrogen-bond donors (Lipinski definition) is 1. The molecule has 0 unspecified atom stereocenters. The smallest absolute Gasteiger partial charge is 0.268 e. The summed E-state index contributed by atoms with van der Waals surface area (Å²) in [5.41, 5.74) is 1.81. The molecule has 2 rings (SSSR count). The molecule has 1 heterocycles. The summed E-state index contributed by atoms with van der Waals surface area (Å²) in [6.45, 7) is 3.51. The Hall–Kier alpha value is -1.55. The van der Waals surface area contributed by atoms with Crippen molar-refractivity contribution >= 4 is 21.8 Å². The number of nitrogens with one attached hydrogen (secondary N) is 1. The molecule has 0 aliphatic rings. The summed E-state index contributed by atoms with van der Waals surface area (Å²) in [5.74, 6) is -0.0265. The monoisotopic (exact) mass is 320 g/mol. The number of rotatable bonds is 5. The zero-order valence-electron chi connectivity index (χ0n) is 10.9. The molecule has 0 spiro atoms. The van der Waals surface area contributed by atoms with E-state index in [1.54, 1.807) is 0 Å². The number of carbonyl (C=O) groups excluding carboxylic acids is 1. The van der Waals surface area contributed by atoms with Crippen LogP contribution in [0.25, 0.3) is 0 Å². The Kier molecular flexibility index (Phi) is 4.80. The molecular formula is C15H17BrN2O. The minimum Gasteiger partial charge on any atom is -0.347 e. The zero-order chi connectivity index (χ0) is 13.7. The van der Waals surface area contributed by atoms with Gasteiger partial charge >= 0.3 is 0 Å². The van der Waals surface area contributed by atoms with Crippen molar-refractivity contribution in [2.24, 2.45) is 0 Å². The Bertz CT molecular complexity index is 546. The summed E-state index contributed by atoms with van der Waals surface area (Å²) in [7, 11) is 0. The first-order chi connectivity index (χ1) is 9.20. The van der Waals surface area contributed by atoms with Gasteiger partial charge in [0, 0.05) is 23.8 Å². The molecule has 3 nitrogen and oxygen atoms in total. The average molecular weight is 321 g/mol.